The molecule has 1 heterocycles. The predicted molar refractivity (Wildman–Crippen MR) is 87.5 cm³/mol. The minimum absolute atomic E-state index is 0.0589. The number of carbonyl (C=O) groups is 1. The van der Waals surface area contributed by atoms with Crippen LogP contribution in [0.4, 0.5) is 4.39 Å². The van der Waals surface area contributed by atoms with E-state index >= 15 is 0 Å². The summed E-state index contributed by atoms with van der Waals surface area (Å²) in [5.74, 6) is -0.335. The average molecular weight is 324 g/mol. The van der Waals surface area contributed by atoms with Gasteiger partial charge in [0.1, 0.15) is 17.9 Å². The highest BCUT2D eigenvalue weighted by Crippen LogP contribution is 2.29. The summed E-state index contributed by atoms with van der Waals surface area (Å²) in [4.78, 5) is 14.5. The van der Waals surface area contributed by atoms with E-state index in [0.29, 0.717) is 12.1 Å². The number of halogens is 1. The molecular weight excluding hydrogens is 307 g/mol. The van der Waals surface area contributed by atoms with Gasteiger partial charge in [-0.2, -0.15) is 0 Å². The Bertz CT molecular complexity index is 887. The van der Waals surface area contributed by atoms with Gasteiger partial charge in [0.25, 0.3) is 0 Å². The van der Waals surface area contributed by atoms with Crippen molar-refractivity contribution in [2.45, 2.75) is 32.0 Å². The van der Waals surface area contributed by atoms with Crippen molar-refractivity contribution in [1.82, 2.24) is 19.9 Å². The number of para-hydroxylation sites is 1. The van der Waals surface area contributed by atoms with E-state index in [0.717, 1.165) is 23.9 Å². The Morgan fingerprint density at radius 2 is 1.92 bits per heavy atom. The van der Waals surface area contributed by atoms with E-state index in [4.69, 9.17) is 0 Å². The Hall–Kier alpha value is -2.76. The molecule has 0 spiro atoms. The number of amides is 1. The summed E-state index contributed by atoms with van der Waals surface area (Å²) in [7, 11) is 0. The highest BCUT2D eigenvalue weighted by Gasteiger charge is 2.33. The van der Waals surface area contributed by atoms with E-state index in [2.05, 4.69) is 10.3 Å². The van der Waals surface area contributed by atoms with E-state index in [1.165, 1.54) is 6.07 Å². The summed E-state index contributed by atoms with van der Waals surface area (Å²) < 4.78 is 15.5. The molecule has 0 bridgehead atoms. The van der Waals surface area contributed by atoms with Crippen LogP contribution in [0.1, 0.15) is 18.4 Å². The molecule has 0 aliphatic heterocycles. The van der Waals surface area contributed by atoms with Crippen LogP contribution in [-0.4, -0.2) is 31.8 Å². The lowest BCUT2D eigenvalue weighted by Crippen LogP contribution is -2.35. The minimum atomic E-state index is -0.276. The minimum Gasteiger partial charge on any atom is -0.334 e. The van der Waals surface area contributed by atoms with Crippen LogP contribution in [0.2, 0.25) is 0 Å². The Kier molecular flexibility index (Phi) is 3.72. The molecule has 1 aromatic heterocycles. The molecule has 0 saturated heterocycles. The molecule has 1 fully saturated rings. The molecule has 5 nitrogen and oxygen atoms in total. The number of nitrogens with zero attached hydrogens (tertiary/aromatic N) is 4. The van der Waals surface area contributed by atoms with Crippen LogP contribution in [0.15, 0.2) is 48.5 Å². The molecule has 3 aromatic rings. The normalized spacial score (nSPS) is 14.0. The van der Waals surface area contributed by atoms with Crippen molar-refractivity contribution in [2.75, 3.05) is 0 Å². The van der Waals surface area contributed by atoms with Crippen LogP contribution in [0, 0.1) is 5.82 Å². The molecule has 1 aliphatic rings. The number of benzene rings is 2. The van der Waals surface area contributed by atoms with Gasteiger partial charge in [0.2, 0.25) is 5.91 Å². The van der Waals surface area contributed by atoms with E-state index < -0.39 is 0 Å². The van der Waals surface area contributed by atoms with E-state index in [1.807, 2.05) is 24.3 Å². The highest BCUT2D eigenvalue weighted by atomic mass is 19.1. The molecule has 4 rings (SSSR count). The number of carbonyl (C=O) groups excluding carboxylic acids is 1. The topological polar surface area (TPSA) is 51.0 Å². The summed E-state index contributed by atoms with van der Waals surface area (Å²) in [5, 5.41) is 8.14. The molecule has 1 aliphatic carbocycles. The largest absolute Gasteiger partial charge is 0.334 e. The van der Waals surface area contributed by atoms with E-state index in [-0.39, 0.29) is 24.3 Å². The molecule has 6 heteroatoms. The number of hydrogen-bond donors (Lipinski definition) is 0. The van der Waals surface area contributed by atoms with Crippen molar-refractivity contribution in [3.8, 4) is 0 Å². The molecule has 0 unspecified atom stereocenters. The van der Waals surface area contributed by atoms with Gasteiger partial charge in [0.05, 0.1) is 5.52 Å². The lowest BCUT2D eigenvalue weighted by Gasteiger charge is -2.23. The Balaban J connectivity index is 1.55. The molecule has 1 saturated carbocycles. The third-order valence-electron chi connectivity index (χ3n) is 4.31. The monoisotopic (exact) mass is 324 g/mol. The SMILES string of the molecule is O=C(Cn1nnc2ccccc21)N(Cc1ccccc1F)C1CC1. The van der Waals surface area contributed by atoms with Crippen LogP contribution >= 0.6 is 0 Å². The summed E-state index contributed by atoms with van der Waals surface area (Å²) in [6.07, 6.45) is 1.94. The molecule has 0 radical (unpaired) electrons. The van der Waals surface area contributed by atoms with Gasteiger partial charge in [-0.05, 0) is 31.0 Å². The fourth-order valence-electron chi connectivity index (χ4n) is 2.87. The van der Waals surface area contributed by atoms with Crippen molar-refractivity contribution in [2.24, 2.45) is 0 Å². The maximum Gasteiger partial charge on any atom is 0.244 e. The van der Waals surface area contributed by atoms with Crippen molar-refractivity contribution in [3.05, 3.63) is 59.9 Å². The third-order valence-corrected chi connectivity index (χ3v) is 4.31. The summed E-state index contributed by atoms with van der Waals surface area (Å²) in [6.45, 7) is 0.411. The van der Waals surface area contributed by atoms with Crippen LogP contribution in [0.25, 0.3) is 11.0 Å². The summed E-state index contributed by atoms with van der Waals surface area (Å²) in [6, 6.07) is 14.3. The predicted octanol–water partition coefficient (Wildman–Crippen LogP) is 2.76. The van der Waals surface area contributed by atoms with Crippen molar-refractivity contribution in [3.63, 3.8) is 0 Å². The van der Waals surface area contributed by atoms with Gasteiger partial charge in [0, 0.05) is 18.2 Å². The second-order valence-electron chi connectivity index (χ2n) is 6.08. The molecule has 0 atom stereocenters. The zero-order valence-electron chi connectivity index (χ0n) is 13.1. The van der Waals surface area contributed by atoms with E-state index in [9.17, 15) is 9.18 Å². The first-order valence-electron chi connectivity index (χ1n) is 8.03. The summed E-state index contributed by atoms with van der Waals surface area (Å²) >= 11 is 0. The Labute approximate surface area is 138 Å². The summed E-state index contributed by atoms with van der Waals surface area (Å²) in [5.41, 5.74) is 2.13. The van der Waals surface area contributed by atoms with Crippen LogP contribution in [0.5, 0.6) is 0 Å². The van der Waals surface area contributed by atoms with Gasteiger partial charge in [-0.1, -0.05) is 35.5 Å². The Morgan fingerprint density at radius 1 is 1.17 bits per heavy atom. The molecular formula is C18H17FN4O. The molecule has 122 valence electrons. The van der Waals surface area contributed by atoms with Gasteiger partial charge in [-0.15, -0.1) is 5.10 Å². The maximum atomic E-state index is 13.9. The number of fused-ring (bicyclic) bond motifs is 1. The van der Waals surface area contributed by atoms with Crippen LogP contribution in [-0.2, 0) is 17.9 Å². The van der Waals surface area contributed by atoms with Gasteiger partial charge >= 0.3 is 0 Å². The zero-order valence-corrected chi connectivity index (χ0v) is 13.1. The van der Waals surface area contributed by atoms with Crippen molar-refractivity contribution >= 4 is 16.9 Å². The fraction of sp³-hybridized carbons (Fsp3) is 0.278. The standard InChI is InChI=1S/C18H17FN4O/c19-15-6-2-1-5-13(15)11-22(14-9-10-14)18(24)12-23-17-8-4-3-7-16(17)20-21-23/h1-8,14H,9-12H2. The lowest BCUT2D eigenvalue weighted by atomic mass is 10.2. The molecule has 24 heavy (non-hydrogen) atoms. The first-order valence-corrected chi connectivity index (χ1v) is 8.03. The molecule has 0 N–H and O–H groups in total. The van der Waals surface area contributed by atoms with Gasteiger partial charge in [-0.3, -0.25) is 4.79 Å². The number of aromatic nitrogens is 3. The van der Waals surface area contributed by atoms with Crippen molar-refractivity contribution in [1.29, 1.82) is 0 Å². The first kappa shape index (κ1) is 14.8. The lowest BCUT2D eigenvalue weighted by molar-refractivity contribution is -0.133. The second kappa shape index (κ2) is 6.03. The van der Waals surface area contributed by atoms with Crippen molar-refractivity contribution < 1.29 is 9.18 Å². The second-order valence-corrected chi connectivity index (χ2v) is 6.08. The molecule has 2 aromatic carbocycles. The first-order chi connectivity index (χ1) is 11.7. The highest BCUT2D eigenvalue weighted by molar-refractivity contribution is 5.80. The zero-order chi connectivity index (χ0) is 16.5. The van der Waals surface area contributed by atoms with Gasteiger partial charge < -0.3 is 4.90 Å². The number of hydrogen-bond acceptors (Lipinski definition) is 3. The average Bonchev–Trinajstić information content (AvgIpc) is 3.36. The van der Waals surface area contributed by atoms with E-state index in [1.54, 1.807) is 27.8 Å². The van der Waals surface area contributed by atoms with Gasteiger partial charge in [0.15, 0.2) is 0 Å². The van der Waals surface area contributed by atoms with Crippen LogP contribution in [0.3, 0.4) is 0 Å². The molecule has 1 amide bonds. The smallest absolute Gasteiger partial charge is 0.244 e. The van der Waals surface area contributed by atoms with Crippen LogP contribution < -0.4 is 0 Å². The maximum absolute atomic E-state index is 13.9. The Morgan fingerprint density at radius 3 is 2.71 bits per heavy atom. The number of rotatable bonds is 5. The fourth-order valence-corrected chi connectivity index (χ4v) is 2.87. The van der Waals surface area contributed by atoms with Gasteiger partial charge in [-0.25, -0.2) is 9.07 Å². The quantitative estimate of drug-likeness (QED) is 0.725. The third kappa shape index (κ3) is 2.87.